The van der Waals surface area contributed by atoms with Crippen molar-refractivity contribution in [1.29, 1.82) is 5.26 Å². The van der Waals surface area contributed by atoms with E-state index in [4.69, 9.17) is 5.26 Å². The second-order valence-electron chi connectivity index (χ2n) is 4.74. The molecule has 0 aliphatic rings. The molecule has 0 saturated heterocycles. The highest BCUT2D eigenvalue weighted by Crippen LogP contribution is 2.20. The van der Waals surface area contributed by atoms with Crippen molar-refractivity contribution in [2.24, 2.45) is 0 Å². The monoisotopic (exact) mass is 255 g/mol. The van der Waals surface area contributed by atoms with Crippen LogP contribution in [-0.4, -0.2) is 28.4 Å². The molecular weight excluding hydrogens is 238 g/mol. The first kappa shape index (κ1) is 13.2. The predicted octanol–water partition coefficient (Wildman–Crippen LogP) is 2.93. The van der Waals surface area contributed by atoms with E-state index in [2.05, 4.69) is 11.1 Å². The van der Waals surface area contributed by atoms with Crippen LogP contribution in [0.15, 0.2) is 30.5 Å². The van der Waals surface area contributed by atoms with Crippen LogP contribution in [0.25, 0.3) is 10.9 Å². The molecule has 0 spiro atoms. The maximum Gasteiger partial charge on any atom is 0.254 e. The standard InChI is InChI=1S/C15H17N3O/c1-11(2)18(10-4-8-16)15(19)13-5-3-6-14-12(13)7-9-17-14/h3,5-7,9,11,17H,4,10H2,1-2H3. The maximum absolute atomic E-state index is 12.6. The molecular formula is C15H17N3O. The van der Waals surface area contributed by atoms with Crippen molar-refractivity contribution >= 4 is 16.8 Å². The topological polar surface area (TPSA) is 59.9 Å². The first-order chi connectivity index (χ1) is 9.15. The summed E-state index contributed by atoms with van der Waals surface area (Å²) in [6, 6.07) is 9.73. The molecule has 1 N–H and O–H groups in total. The number of amides is 1. The molecule has 4 heteroatoms. The average Bonchev–Trinajstić information content (AvgIpc) is 2.86. The summed E-state index contributed by atoms with van der Waals surface area (Å²) in [7, 11) is 0. The second kappa shape index (κ2) is 5.57. The molecule has 0 fully saturated rings. The molecule has 2 rings (SSSR count). The molecule has 98 valence electrons. The summed E-state index contributed by atoms with van der Waals surface area (Å²) >= 11 is 0. The van der Waals surface area contributed by atoms with Gasteiger partial charge in [-0.1, -0.05) is 6.07 Å². The first-order valence-electron chi connectivity index (χ1n) is 6.39. The van der Waals surface area contributed by atoms with Gasteiger partial charge in [-0.2, -0.15) is 5.26 Å². The highest BCUT2D eigenvalue weighted by atomic mass is 16.2. The van der Waals surface area contributed by atoms with Crippen LogP contribution in [-0.2, 0) is 0 Å². The molecule has 0 aliphatic heterocycles. The second-order valence-corrected chi connectivity index (χ2v) is 4.74. The number of carbonyl (C=O) groups excluding carboxylic acids is 1. The van der Waals surface area contributed by atoms with Crippen LogP contribution in [0.3, 0.4) is 0 Å². The summed E-state index contributed by atoms with van der Waals surface area (Å²) in [6.45, 7) is 4.40. The van der Waals surface area contributed by atoms with Crippen LogP contribution in [0, 0.1) is 11.3 Å². The maximum atomic E-state index is 12.6. The van der Waals surface area contributed by atoms with Crippen LogP contribution < -0.4 is 0 Å². The SMILES string of the molecule is CC(C)N(CCC#N)C(=O)c1cccc2[nH]ccc12. The Kier molecular flexibility index (Phi) is 3.86. The van der Waals surface area contributed by atoms with Gasteiger partial charge >= 0.3 is 0 Å². The summed E-state index contributed by atoms with van der Waals surface area (Å²) in [4.78, 5) is 17.5. The van der Waals surface area contributed by atoms with Crippen LogP contribution in [0.5, 0.6) is 0 Å². The summed E-state index contributed by atoms with van der Waals surface area (Å²) in [5.74, 6) is -0.0181. The number of rotatable bonds is 4. The smallest absolute Gasteiger partial charge is 0.254 e. The molecule has 2 aromatic rings. The Labute approximate surface area is 112 Å². The van der Waals surface area contributed by atoms with Gasteiger partial charge in [0.2, 0.25) is 0 Å². The van der Waals surface area contributed by atoms with Crippen molar-refractivity contribution in [3.8, 4) is 6.07 Å². The van der Waals surface area contributed by atoms with Crippen LogP contribution >= 0.6 is 0 Å². The van der Waals surface area contributed by atoms with Crippen LogP contribution in [0.1, 0.15) is 30.6 Å². The fourth-order valence-electron chi connectivity index (χ4n) is 2.19. The van der Waals surface area contributed by atoms with E-state index in [0.717, 1.165) is 10.9 Å². The van der Waals surface area contributed by atoms with E-state index in [9.17, 15) is 4.79 Å². The molecule has 4 nitrogen and oxygen atoms in total. The Morgan fingerprint density at radius 1 is 1.42 bits per heavy atom. The molecule has 0 unspecified atom stereocenters. The number of fused-ring (bicyclic) bond motifs is 1. The number of aromatic amines is 1. The van der Waals surface area contributed by atoms with Gasteiger partial charge in [-0.15, -0.1) is 0 Å². The Balaban J connectivity index is 2.36. The third-order valence-corrected chi connectivity index (χ3v) is 3.17. The van der Waals surface area contributed by atoms with E-state index in [0.29, 0.717) is 18.5 Å². The summed E-state index contributed by atoms with van der Waals surface area (Å²) in [5, 5.41) is 9.62. The van der Waals surface area contributed by atoms with Gasteiger partial charge < -0.3 is 9.88 Å². The zero-order valence-corrected chi connectivity index (χ0v) is 11.2. The fraction of sp³-hybridized carbons (Fsp3) is 0.333. The summed E-state index contributed by atoms with van der Waals surface area (Å²) in [5.41, 5.74) is 1.64. The van der Waals surface area contributed by atoms with Crippen LogP contribution in [0.4, 0.5) is 0 Å². The first-order valence-corrected chi connectivity index (χ1v) is 6.39. The number of hydrogen-bond acceptors (Lipinski definition) is 2. The minimum atomic E-state index is -0.0181. The number of nitriles is 1. The lowest BCUT2D eigenvalue weighted by Crippen LogP contribution is -2.37. The minimum absolute atomic E-state index is 0.0181. The Morgan fingerprint density at radius 2 is 2.21 bits per heavy atom. The number of H-pyrrole nitrogens is 1. The molecule has 0 saturated carbocycles. The lowest BCUT2D eigenvalue weighted by Gasteiger charge is -2.26. The molecule has 0 aliphatic carbocycles. The van der Waals surface area contributed by atoms with Gasteiger partial charge in [-0.3, -0.25) is 4.79 Å². The molecule has 1 aromatic carbocycles. The molecule has 1 aromatic heterocycles. The Bertz CT molecular complexity index is 622. The van der Waals surface area contributed by atoms with Gasteiger partial charge in [-0.05, 0) is 32.0 Å². The van der Waals surface area contributed by atoms with Crippen molar-refractivity contribution in [2.45, 2.75) is 26.3 Å². The van der Waals surface area contributed by atoms with E-state index >= 15 is 0 Å². The highest BCUT2D eigenvalue weighted by molar-refractivity contribution is 6.06. The van der Waals surface area contributed by atoms with Crippen molar-refractivity contribution in [3.63, 3.8) is 0 Å². The third-order valence-electron chi connectivity index (χ3n) is 3.17. The lowest BCUT2D eigenvalue weighted by atomic mass is 10.1. The number of aromatic nitrogens is 1. The minimum Gasteiger partial charge on any atom is -0.361 e. The lowest BCUT2D eigenvalue weighted by molar-refractivity contribution is 0.0712. The number of benzene rings is 1. The van der Waals surface area contributed by atoms with Crippen molar-refractivity contribution in [2.75, 3.05) is 6.54 Å². The zero-order chi connectivity index (χ0) is 13.8. The van der Waals surface area contributed by atoms with Crippen LogP contribution in [0.2, 0.25) is 0 Å². The van der Waals surface area contributed by atoms with E-state index < -0.39 is 0 Å². The fourth-order valence-corrected chi connectivity index (χ4v) is 2.19. The highest BCUT2D eigenvalue weighted by Gasteiger charge is 2.20. The van der Waals surface area contributed by atoms with E-state index in [1.54, 1.807) is 4.90 Å². The zero-order valence-electron chi connectivity index (χ0n) is 11.2. The third kappa shape index (κ3) is 2.60. The molecule has 0 atom stereocenters. The summed E-state index contributed by atoms with van der Waals surface area (Å²) in [6.07, 6.45) is 2.18. The quantitative estimate of drug-likeness (QED) is 0.913. The van der Waals surface area contributed by atoms with E-state index in [1.807, 2.05) is 44.3 Å². The number of carbonyl (C=O) groups is 1. The molecule has 1 heterocycles. The van der Waals surface area contributed by atoms with Gasteiger partial charge in [0.15, 0.2) is 0 Å². The molecule has 19 heavy (non-hydrogen) atoms. The van der Waals surface area contributed by atoms with Gasteiger partial charge in [0, 0.05) is 35.2 Å². The largest absolute Gasteiger partial charge is 0.361 e. The van der Waals surface area contributed by atoms with Crippen molar-refractivity contribution in [1.82, 2.24) is 9.88 Å². The molecule has 0 radical (unpaired) electrons. The van der Waals surface area contributed by atoms with Gasteiger partial charge in [-0.25, -0.2) is 0 Å². The number of nitrogens with zero attached hydrogens (tertiary/aromatic N) is 2. The Hall–Kier alpha value is -2.28. The average molecular weight is 255 g/mol. The van der Waals surface area contributed by atoms with Gasteiger partial charge in [0.25, 0.3) is 5.91 Å². The van der Waals surface area contributed by atoms with Crippen molar-refractivity contribution in [3.05, 3.63) is 36.0 Å². The van der Waals surface area contributed by atoms with E-state index in [-0.39, 0.29) is 11.9 Å². The van der Waals surface area contributed by atoms with Gasteiger partial charge in [0.05, 0.1) is 12.5 Å². The summed E-state index contributed by atoms with van der Waals surface area (Å²) < 4.78 is 0. The number of hydrogen-bond donors (Lipinski definition) is 1. The van der Waals surface area contributed by atoms with E-state index in [1.165, 1.54) is 0 Å². The normalized spacial score (nSPS) is 10.6. The Morgan fingerprint density at radius 3 is 2.89 bits per heavy atom. The molecule has 0 bridgehead atoms. The number of nitrogens with one attached hydrogen (secondary N) is 1. The van der Waals surface area contributed by atoms with Gasteiger partial charge in [0.1, 0.15) is 0 Å². The van der Waals surface area contributed by atoms with Crippen molar-refractivity contribution < 1.29 is 4.79 Å². The molecule has 1 amide bonds. The predicted molar refractivity (Wildman–Crippen MR) is 74.7 cm³/mol.